The Hall–Kier alpha value is -3.34. The number of thiazole rings is 1. The Bertz CT molecular complexity index is 1000. The molecule has 1 aromatic heterocycles. The molecule has 3 rings (SSSR count). The second-order valence-corrected chi connectivity index (χ2v) is 9.17. The molecule has 1 aliphatic carbocycles. The molecular formula is C22H29N5O5S. The number of hydrogen-bond acceptors (Lipinski definition) is 6. The van der Waals surface area contributed by atoms with Gasteiger partial charge in [-0.05, 0) is 57.7 Å². The molecule has 1 aliphatic rings. The molecule has 0 saturated heterocycles. The highest BCUT2D eigenvalue weighted by Gasteiger charge is 2.26. The predicted octanol–water partition coefficient (Wildman–Crippen LogP) is 4.81. The van der Waals surface area contributed by atoms with Crippen molar-refractivity contribution in [2.75, 3.05) is 17.7 Å². The van der Waals surface area contributed by atoms with Crippen LogP contribution in [0.15, 0.2) is 24.4 Å². The maximum absolute atomic E-state index is 12.0. The van der Waals surface area contributed by atoms with Crippen molar-refractivity contribution < 1.29 is 24.2 Å². The molecule has 1 heterocycles. The largest absolute Gasteiger partial charge is 0.465 e. The first-order valence-corrected chi connectivity index (χ1v) is 11.6. The summed E-state index contributed by atoms with van der Waals surface area (Å²) in [7, 11) is 1.53. The molecule has 5 N–H and O–H groups in total. The maximum atomic E-state index is 12.0. The highest BCUT2D eigenvalue weighted by Crippen LogP contribution is 2.40. The molecule has 0 aliphatic heterocycles. The molecule has 178 valence electrons. The third kappa shape index (κ3) is 6.82. The van der Waals surface area contributed by atoms with E-state index in [1.54, 1.807) is 43.5 Å². The smallest absolute Gasteiger partial charge is 0.411 e. The summed E-state index contributed by atoms with van der Waals surface area (Å²) >= 11 is 1.55. The summed E-state index contributed by atoms with van der Waals surface area (Å²) in [6, 6.07) is 4.85. The van der Waals surface area contributed by atoms with Gasteiger partial charge in [0.05, 0.1) is 21.7 Å². The van der Waals surface area contributed by atoms with Gasteiger partial charge < -0.3 is 25.8 Å². The van der Waals surface area contributed by atoms with Crippen LogP contribution in [-0.4, -0.2) is 47.5 Å². The monoisotopic (exact) mass is 475 g/mol. The number of carbonyl (C=O) groups is 3. The van der Waals surface area contributed by atoms with Gasteiger partial charge in [0.2, 0.25) is 0 Å². The Morgan fingerprint density at radius 1 is 1.15 bits per heavy atom. The normalized spacial score (nSPS) is 17.8. The van der Waals surface area contributed by atoms with E-state index >= 15 is 0 Å². The second kappa shape index (κ2) is 11.0. The lowest BCUT2D eigenvalue weighted by Crippen LogP contribution is -2.36. The van der Waals surface area contributed by atoms with Crippen LogP contribution < -0.4 is 21.3 Å². The van der Waals surface area contributed by atoms with Crippen LogP contribution in [0.4, 0.5) is 25.8 Å². The Labute approximate surface area is 196 Å². The lowest BCUT2D eigenvalue weighted by molar-refractivity contribution is 0.130. The molecule has 0 spiro atoms. The standard InChI is InChI=1S/C22H29N5O5S/c1-12(2)32-22(31)26-15-8-9-16(17(10-15)27-20(28)23-3)18-11-24-19(33-18)13-4-6-14(7-5-13)25-21(29)30/h8-14,25H,4-7H2,1-3H3,(H,26,31)(H,29,30)(H2,23,27,28)/t13-,14-. The molecule has 11 heteroatoms. The Morgan fingerprint density at radius 2 is 1.88 bits per heavy atom. The van der Waals surface area contributed by atoms with Crippen molar-refractivity contribution in [3.63, 3.8) is 0 Å². The lowest BCUT2D eigenvalue weighted by atomic mass is 9.86. The van der Waals surface area contributed by atoms with Crippen molar-refractivity contribution in [3.05, 3.63) is 29.4 Å². The summed E-state index contributed by atoms with van der Waals surface area (Å²) in [5, 5.41) is 20.5. The van der Waals surface area contributed by atoms with Crippen LogP contribution in [0.2, 0.25) is 0 Å². The quantitative estimate of drug-likeness (QED) is 0.406. The lowest BCUT2D eigenvalue weighted by Gasteiger charge is -2.27. The van der Waals surface area contributed by atoms with Crippen LogP contribution in [0.25, 0.3) is 10.4 Å². The summed E-state index contributed by atoms with van der Waals surface area (Å²) in [5.41, 5.74) is 1.80. The van der Waals surface area contributed by atoms with E-state index in [0.717, 1.165) is 41.1 Å². The van der Waals surface area contributed by atoms with Gasteiger partial charge in [0.15, 0.2) is 0 Å². The molecular weight excluding hydrogens is 446 g/mol. The van der Waals surface area contributed by atoms with E-state index < -0.39 is 12.2 Å². The molecule has 4 amide bonds. The van der Waals surface area contributed by atoms with Gasteiger partial charge in [-0.2, -0.15) is 0 Å². The third-order valence-electron chi connectivity index (χ3n) is 5.28. The third-order valence-corrected chi connectivity index (χ3v) is 6.47. The minimum absolute atomic E-state index is 0.0102. The van der Waals surface area contributed by atoms with Gasteiger partial charge in [-0.1, -0.05) is 0 Å². The zero-order valence-corrected chi connectivity index (χ0v) is 19.6. The molecule has 0 atom stereocenters. The van der Waals surface area contributed by atoms with Crippen LogP contribution in [0.3, 0.4) is 0 Å². The maximum Gasteiger partial charge on any atom is 0.411 e. The van der Waals surface area contributed by atoms with Crippen LogP contribution in [0.5, 0.6) is 0 Å². The summed E-state index contributed by atoms with van der Waals surface area (Å²) in [6.07, 6.45) is 3.26. The van der Waals surface area contributed by atoms with Crippen LogP contribution in [0, 0.1) is 0 Å². The number of rotatable bonds is 6. The van der Waals surface area contributed by atoms with E-state index in [4.69, 9.17) is 9.84 Å². The number of carbonyl (C=O) groups excluding carboxylic acids is 2. The van der Waals surface area contributed by atoms with Gasteiger partial charge in [0, 0.05) is 36.5 Å². The van der Waals surface area contributed by atoms with E-state index in [1.165, 1.54) is 7.05 Å². The number of ether oxygens (including phenoxy) is 1. The minimum atomic E-state index is -0.985. The first-order chi connectivity index (χ1) is 15.7. The number of aromatic nitrogens is 1. The number of nitrogens with zero attached hydrogens (tertiary/aromatic N) is 1. The SMILES string of the molecule is CNC(=O)Nc1cc(NC(=O)OC(C)C)ccc1-c1cnc([C@H]2CC[C@H](NC(=O)O)CC2)s1. The summed E-state index contributed by atoms with van der Waals surface area (Å²) in [4.78, 5) is 40.3. The van der Waals surface area contributed by atoms with Crippen molar-refractivity contribution in [1.82, 2.24) is 15.6 Å². The van der Waals surface area contributed by atoms with E-state index in [2.05, 4.69) is 26.3 Å². The van der Waals surface area contributed by atoms with Gasteiger partial charge in [-0.3, -0.25) is 5.32 Å². The van der Waals surface area contributed by atoms with Crippen molar-refractivity contribution >= 4 is 40.9 Å². The van der Waals surface area contributed by atoms with E-state index in [-0.39, 0.29) is 24.1 Å². The van der Waals surface area contributed by atoms with E-state index in [0.29, 0.717) is 11.4 Å². The van der Waals surface area contributed by atoms with Crippen LogP contribution in [0.1, 0.15) is 50.5 Å². The fourth-order valence-corrected chi connectivity index (χ4v) is 4.87. The van der Waals surface area contributed by atoms with Crippen molar-refractivity contribution in [1.29, 1.82) is 0 Å². The number of carboxylic acid groups (broad SMARTS) is 1. The van der Waals surface area contributed by atoms with Gasteiger partial charge in [0.1, 0.15) is 0 Å². The summed E-state index contributed by atoms with van der Waals surface area (Å²) in [5.74, 6) is 0.276. The molecule has 2 aromatic rings. The van der Waals surface area contributed by atoms with Gasteiger partial charge in [-0.25, -0.2) is 19.4 Å². The average Bonchev–Trinajstić information content (AvgIpc) is 3.23. The molecule has 33 heavy (non-hydrogen) atoms. The fraction of sp³-hybridized carbons (Fsp3) is 0.455. The highest BCUT2D eigenvalue weighted by molar-refractivity contribution is 7.15. The number of hydrogen-bond donors (Lipinski definition) is 5. The Balaban J connectivity index is 1.77. The number of benzene rings is 1. The van der Waals surface area contributed by atoms with Crippen molar-refractivity contribution in [2.45, 2.75) is 57.6 Å². The molecule has 0 bridgehead atoms. The number of urea groups is 1. The molecule has 10 nitrogen and oxygen atoms in total. The van der Waals surface area contributed by atoms with Gasteiger partial charge in [-0.15, -0.1) is 11.3 Å². The summed E-state index contributed by atoms with van der Waals surface area (Å²) in [6.45, 7) is 3.52. The highest BCUT2D eigenvalue weighted by atomic mass is 32.1. The minimum Gasteiger partial charge on any atom is -0.465 e. The van der Waals surface area contributed by atoms with Gasteiger partial charge >= 0.3 is 18.2 Å². The molecule has 0 unspecified atom stereocenters. The number of amides is 4. The predicted molar refractivity (Wildman–Crippen MR) is 127 cm³/mol. The van der Waals surface area contributed by atoms with Crippen molar-refractivity contribution in [2.24, 2.45) is 0 Å². The molecule has 1 fully saturated rings. The molecule has 1 aromatic carbocycles. The topological polar surface area (TPSA) is 142 Å². The molecule has 0 radical (unpaired) electrons. The first-order valence-electron chi connectivity index (χ1n) is 10.8. The number of anilines is 2. The first kappa shape index (κ1) is 24.3. The van der Waals surface area contributed by atoms with Crippen molar-refractivity contribution in [3.8, 4) is 10.4 Å². The van der Waals surface area contributed by atoms with Gasteiger partial charge in [0.25, 0.3) is 0 Å². The molecule has 1 saturated carbocycles. The van der Waals surface area contributed by atoms with E-state index in [9.17, 15) is 14.4 Å². The fourth-order valence-electron chi connectivity index (χ4n) is 3.75. The van der Waals surface area contributed by atoms with E-state index in [1.807, 2.05) is 6.07 Å². The Morgan fingerprint density at radius 3 is 2.52 bits per heavy atom. The summed E-state index contributed by atoms with van der Waals surface area (Å²) < 4.78 is 5.12. The van der Waals surface area contributed by atoms with Crippen LogP contribution >= 0.6 is 11.3 Å². The zero-order chi connectivity index (χ0) is 24.0. The zero-order valence-electron chi connectivity index (χ0n) is 18.8. The average molecular weight is 476 g/mol. The van der Waals surface area contributed by atoms with Crippen LogP contribution in [-0.2, 0) is 4.74 Å². The second-order valence-electron chi connectivity index (χ2n) is 8.10. The Kier molecular flexibility index (Phi) is 8.10. The number of nitrogens with one attached hydrogen (secondary N) is 4.